The van der Waals surface area contributed by atoms with Gasteiger partial charge in [-0.3, -0.25) is 10.1 Å². The van der Waals surface area contributed by atoms with E-state index in [9.17, 15) is 15.2 Å². The van der Waals surface area contributed by atoms with E-state index in [1.807, 2.05) is 0 Å². The lowest BCUT2D eigenvalue weighted by molar-refractivity contribution is -0.385. The third-order valence-electron chi connectivity index (χ3n) is 2.79. The average Bonchev–Trinajstić information content (AvgIpc) is 3.18. The molecule has 0 heterocycles. The Labute approximate surface area is 119 Å². The number of nitrogens with one attached hydrogen (secondary N) is 1. The molecule has 0 radical (unpaired) electrons. The van der Waals surface area contributed by atoms with Gasteiger partial charge in [0, 0.05) is 18.7 Å². The summed E-state index contributed by atoms with van der Waals surface area (Å²) < 4.78 is 5.69. The summed E-state index contributed by atoms with van der Waals surface area (Å²) in [4.78, 5) is 10.3. The molecule has 2 rings (SSSR count). The maximum atomic E-state index is 10.8. The van der Waals surface area contributed by atoms with Gasteiger partial charge in [0.25, 0.3) is 5.69 Å². The highest BCUT2D eigenvalue weighted by atomic mass is 79.9. The van der Waals surface area contributed by atoms with E-state index < -0.39 is 11.0 Å². The van der Waals surface area contributed by atoms with Crippen LogP contribution in [0.1, 0.15) is 12.8 Å². The van der Waals surface area contributed by atoms with E-state index in [0.717, 1.165) is 12.8 Å². The van der Waals surface area contributed by atoms with Crippen LogP contribution in [0.2, 0.25) is 0 Å². The van der Waals surface area contributed by atoms with Crippen LogP contribution in [-0.4, -0.2) is 35.3 Å². The lowest BCUT2D eigenvalue weighted by Gasteiger charge is -2.13. The Morgan fingerprint density at radius 1 is 1.58 bits per heavy atom. The van der Waals surface area contributed by atoms with Crippen molar-refractivity contribution in [2.75, 3.05) is 13.2 Å². The number of benzene rings is 1. The van der Waals surface area contributed by atoms with Gasteiger partial charge in [0.05, 0.1) is 4.92 Å². The number of ether oxygens (including phenoxy) is 1. The molecule has 0 saturated heterocycles. The van der Waals surface area contributed by atoms with Crippen molar-refractivity contribution >= 4 is 21.6 Å². The molecule has 1 aromatic rings. The smallest absolute Gasteiger partial charge is 0.287 e. The Morgan fingerprint density at radius 3 is 2.95 bits per heavy atom. The lowest BCUT2D eigenvalue weighted by Crippen LogP contribution is -2.32. The second-order valence-corrected chi connectivity index (χ2v) is 5.29. The molecule has 1 aromatic carbocycles. The van der Waals surface area contributed by atoms with Gasteiger partial charge in [0.1, 0.15) is 22.9 Å². The molecule has 1 aliphatic rings. The topological polar surface area (TPSA) is 84.6 Å². The van der Waals surface area contributed by atoms with Crippen LogP contribution in [0, 0.1) is 10.1 Å². The second kappa shape index (κ2) is 6.31. The molecule has 104 valence electrons. The molecule has 0 spiro atoms. The Bertz CT molecular complexity index is 465. The maximum absolute atomic E-state index is 10.8. The van der Waals surface area contributed by atoms with Crippen LogP contribution in [0.3, 0.4) is 0 Å². The molecule has 6 nitrogen and oxygen atoms in total. The summed E-state index contributed by atoms with van der Waals surface area (Å²) in [5, 5.41) is 23.7. The molecule has 0 aliphatic heterocycles. The molecule has 0 amide bonds. The predicted molar refractivity (Wildman–Crippen MR) is 73.3 cm³/mol. The standard InChI is InChI=1S/C12H15BrN2O4/c13-12-10(15(17)18)2-1-3-11(12)19-7-9(16)6-14-8-4-5-8/h1-3,8-9,14,16H,4-7H2. The summed E-state index contributed by atoms with van der Waals surface area (Å²) in [6, 6.07) is 5.09. The zero-order chi connectivity index (χ0) is 13.8. The van der Waals surface area contributed by atoms with Crippen LogP contribution in [0.5, 0.6) is 5.75 Å². The molecule has 1 saturated carbocycles. The van der Waals surface area contributed by atoms with Crippen LogP contribution in [-0.2, 0) is 0 Å². The van der Waals surface area contributed by atoms with Crippen LogP contribution >= 0.6 is 15.9 Å². The van der Waals surface area contributed by atoms with E-state index in [0.29, 0.717) is 22.8 Å². The zero-order valence-corrected chi connectivity index (χ0v) is 11.8. The quantitative estimate of drug-likeness (QED) is 0.588. The van der Waals surface area contributed by atoms with Crippen LogP contribution in [0.25, 0.3) is 0 Å². The van der Waals surface area contributed by atoms with Crippen LogP contribution in [0.4, 0.5) is 5.69 Å². The number of nitro groups is 1. The molecule has 2 N–H and O–H groups in total. The highest BCUT2D eigenvalue weighted by molar-refractivity contribution is 9.10. The average molecular weight is 331 g/mol. The van der Waals surface area contributed by atoms with Gasteiger partial charge in [-0.15, -0.1) is 0 Å². The minimum atomic E-state index is -0.633. The number of aliphatic hydroxyl groups excluding tert-OH is 1. The molecule has 1 aliphatic carbocycles. The molecule has 19 heavy (non-hydrogen) atoms. The van der Waals surface area contributed by atoms with E-state index in [4.69, 9.17) is 4.74 Å². The van der Waals surface area contributed by atoms with Gasteiger partial charge in [0.2, 0.25) is 0 Å². The van der Waals surface area contributed by atoms with Gasteiger partial charge in [-0.1, -0.05) is 6.07 Å². The number of halogens is 1. The van der Waals surface area contributed by atoms with Crippen molar-refractivity contribution in [2.45, 2.75) is 25.0 Å². The first-order chi connectivity index (χ1) is 9.08. The van der Waals surface area contributed by atoms with Crippen LogP contribution in [0.15, 0.2) is 22.7 Å². The third kappa shape index (κ3) is 4.15. The highest BCUT2D eigenvalue weighted by Crippen LogP contribution is 2.33. The van der Waals surface area contributed by atoms with Crippen molar-refractivity contribution in [3.8, 4) is 5.75 Å². The fraction of sp³-hybridized carbons (Fsp3) is 0.500. The normalized spacial score (nSPS) is 16.1. The zero-order valence-electron chi connectivity index (χ0n) is 10.2. The molecule has 1 unspecified atom stereocenters. The van der Waals surface area contributed by atoms with E-state index in [1.165, 1.54) is 6.07 Å². The van der Waals surface area contributed by atoms with Gasteiger partial charge in [-0.05, 0) is 34.8 Å². The highest BCUT2D eigenvalue weighted by Gasteiger charge is 2.22. The third-order valence-corrected chi connectivity index (χ3v) is 3.59. The van der Waals surface area contributed by atoms with Crippen molar-refractivity contribution in [1.29, 1.82) is 0 Å². The molecule has 1 fully saturated rings. The fourth-order valence-corrected chi connectivity index (χ4v) is 2.11. The van der Waals surface area contributed by atoms with Crippen LogP contribution < -0.4 is 10.1 Å². The SMILES string of the molecule is O=[N+]([O-])c1cccc(OCC(O)CNC2CC2)c1Br. The first-order valence-corrected chi connectivity index (χ1v) is 6.84. The van der Waals surface area contributed by atoms with Gasteiger partial charge >= 0.3 is 0 Å². The van der Waals surface area contributed by atoms with Crippen molar-refractivity contribution in [2.24, 2.45) is 0 Å². The van der Waals surface area contributed by atoms with E-state index in [1.54, 1.807) is 12.1 Å². The lowest BCUT2D eigenvalue weighted by atomic mass is 10.3. The first-order valence-electron chi connectivity index (χ1n) is 6.05. The molecular formula is C12H15BrN2O4. The Balaban J connectivity index is 1.87. The molecule has 7 heteroatoms. The number of nitro benzene ring substituents is 1. The minimum absolute atomic E-state index is 0.0527. The van der Waals surface area contributed by atoms with Gasteiger partial charge in [-0.25, -0.2) is 0 Å². The molecule has 0 bridgehead atoms. The molecular weight excluding hydrogens is 316 g/mol. The summed E-state index contributed by atoms with van der Waals surface area (Å²) in [5.74, 6) is 0.361. The van der Waals surface area contributed by atoms with Crippen molar-refractivity contribution in [3.63, 3.8) is 0 Å². The molecule has 0 aromatic heterocycles. The Kier molecular flexibility index (Phi) is 4.73. The summed E-state index contributed by atoms with van der Waals surface area (Å²) in [6.07, 6.45) is 1.68. The Hall–Kier alpha value is -1.18. The van der Waals surface area contributed by atoms with Crippen molar-refractivity contribution in [3.05, 3.63) is 32.8 Å². The summed E-state index contributed by atoms with van der Waals surface area (Å²) in [7, 11) is 0. The number of hydrogen-bond donors (Lipinski definition) is 2. The van der Waals surface area contributed by atoms with E-state index in [-0.39, 0.29) is 12.3 Å². The van der Waals surface area contributed by atoms with Gasteiger partial charge in [0.15, 0.2) is 0 Å². The second-order valence-electron chi connectivity index (χ2n) is 4.49. The summed E-state index contributed by atoms with van der Waals surface area (Å²) >= 11 is 3.14. The first kappa shape index (κ1) is 14.2. The summed E-state index contributed by atoms with van der Waals surface area (Å²) in [6.45, 7) is 0.566. The number of hydrogen-bond acceptors (Lipinski definition) is 5. The number of aliphatic hydroxyl groups is 1. The molecule has 1 atom stereocenters. The van der Waals surface area contributed by atoms with E-state index >= 15 is 0 Å². The predicted octanol–water partition coefficient (Wildman–Crippen LogP) is 1.85. The van der Waals surface area contributed by atoms with E-state index in [2.05, 4.69) is 21.2 Å². The largest absolute Gasteiger partial charge is 0.489 e. The number of rotatable bonds is 7. The van der Waals surface area contributed by atoms with Gasteiger partial charge < -0.3 is 15.2 Å². The fourth-order valence-electron chi connectivity index (χ4n) is 1.59. The Morgan fingerprint density at radius 2 is 2.32 bits per heavy atom. The van der Waals surface area contributed by atoms with Gasteiger partial charge in [-0.2, -0.15) is 0 Å². The van der Waals surface area contributed by atoms with Crippen molar-refractivity contribution in [1.82, 2.24) is 5.32 Å². The number of nitrogens with zero attached hydrogens (tertiary/aromatic N) is 1. The monoisotopic (exact) mass is 330 g/mol. The minimum Gasteiger partial charge on any atom is -0.489 e. The summed E-state index contributed by atoms with van der Waals surface area (Å²) in [5.41, 5.74) is -0.0527. The maximum Gasteiger partial charge on any atom is 0.287 e. The van der Waals surface area contributed by atoms with Crippen molar-refractivity contribution < 1.29 is 14.8 Å².